The zero-order valence-corrected chi connectivity index (χ0v) is 17.1. The third-order valence-electron chi connectivity index (χ3n) is 3.33. The third-order valence-corrected chi connectivity index (χ3v) is 6.84. The minimum atomic E-state index is -0.0515. The van der Waals surface area contributed by atoms with Crippen LogP contribution in [-0.2, 0) is 10.5 Å². The minimum Gasteiger partial charge on any atom is -0.325 e. The first-order chi connectivity index (χ1) is 12.6. The average molecular weight is 422 g/mol. The van der Waals surface area contributed by atoms with Crippen molar-refractivity contribution in [2.45, 2.75) is 21.4 Å². The highest BCUT2D eigenvalue weighted by atomic mass is 35.5. The van der Waals surface area contributed by atoms with Crippen LogP contribution in [0.4, 0.5) is 5.69 Å². The molecule has 134 valence electrons. The second-order valence-corrected chi connectivity index (χ2v) is 9.31. The molecular weight excluding hydrogens is 406 g/mol. The summed E-state index contributed by atoms with van der Waals surface area (Å²) in [5.41, 5.74) is 3.15. The van der Waals surface area contributed by atoms with Gasteiger partial charge in [-0.25, -0.2) is 0 Å². The molecule has 0 aliphatic heterocycles. The predicted octanol–water partition coefficient (Wildman–Crippen LogP) is 5.52. The van der Waals surface area contributed by atoms with Crippen molar-refractivity contribution < 1.29 is 4.79 Å². The van der Waals surface area contributed by atoms with Gasteiger partial charge in [0, 0.05) is 16.5 Å². The second kappa shape index (κ2) is 9.41. The first-order valence-electron chi connectivity index (χ1n) is 7.78. The molecule has 0 saturated carbocycles. The van der Waals surface area contributed by atoms with Crippen molar-refractivity contribution in [1.82, 2.24) is 10.2 Å². The Morgan fingerprint density at radius 2 is 1.69 bits per heavy atom. The highest BCUT2D eigenvalue weighted by molar-refractivity contribution is 8.03. The molecule has 8 heteroatoms. The monoisotopic (exact) mass is 421 g/mol. The van der Waals surface area contributed by atoms with Crippen LogP contribution in [-0.4, -0.2) is 21.9 Å². The molecule has 1 N–H and O–H groups in total. The van der Waals surface area contributed by atoms with E-state index in [2.05, 4.69) is 15.5 Å². The number of carbonyl (C=O) groups excluding carboxylic acids is 1. The van der Waals surface area contributed by atoms with E-state index in [-0.39, 0.29) is 5.91 Å². The Morgan fingerprint density at radius 1 is 1.04 bits per heavy atom. The summed E-state index contributed by atoms with van der Waals surface area (Å²) in [5.74, 6) is 1.07. The lowest BCUT2D eigenvalue weighted by Gasteiger charge is -2.04. The van der Waals surface area contributed by atoms with Gasteiger partial charge in [0.2, 0.25) is 5.91 Å². The van der Waals surface area contributed by atoms with Crippen molar-refractivity contribution in [2.24, 2.45) is 0 Å². The van der Waals surface area contributed by atoms with Crippen LogP contribution < -0.4 is 5.32 Å². The standard InChI is InChI=1S/C18H16ClN3OS3/c1-12-2-8-15(9-3-12)20-16(23)11-25-18-22-21-17(26-18)24-10-13-4-6-14(19)7-5-13/h2-9H,10-11H2,1H3,(H,20,23). The number of rotatable bonds is 7. The highest BCUT2D eigenvalue weighted by Crippen LogP contribution is 2.31. The second-order valence-electron chi connectivity index (χ2n) is 5.45. The van der Waals surface area contributed by atoms with Crippen LogP contribution in [0.1, 0.15) is 11.1 Å². The van der Waals surface area contributed by atoms with Crippen LogP contribution in [0.5, 0.6) is 0 Å². The maximum Gasteiger partial charge on any atom is 0.234 e. The van der Waals surface area contributed by atoms with Gasteiger partial charge in [0.1, 0.15) is 0 Å². The summed E-state index contributed by atoms with van der Waals surface area (Å²) < 4.78 is 1.68. The van der Waals surface area contributed by atoms with E-state index in [1.54, 1.807) is 11.8 Å². The van der Waals surface area contributed by atoms with Crippen molar-refractivity contribution in [3.05, 3.63) is 64.7 Å². The van der Waals surface area contributed by atoms with Crippen LogP contribution in [0.2, 0.25) is 5.02 Å². The number of amides is 1. The summed E-state index contributed by atoms with van der Waals surface area (Å²) in [6.45, 7) is 2.01. The lowest BCUT2D eigenvalue weighted by molar-refractivity contribution is -0.113. The van der Waals surface area contributed by atoms with Gasteiger partial charge in [0.15, 0.2) is 8.68 Å². The number of anilines is 1. The number of nitrogens with one attached hydrogen (secondary N) is 1. The Labute approximate surface area is 169 Å². The summed E-state index contributed by atoms with van der Waals surface area (Å²) in [7, 11) is 0. The van der Waals surface area contributed by atoms with E-state index in [4.69, 9.17) is 11.6 Å². The number of hydrogen-bond donors (Lipinski definition) is 1. The molecule has 26 heavy (non-hydrogen) atoms. The predicted molar refractivity (Wildman–Crippen MR) is 111 cm³/mol. The van der Waals surface area contributed by atoms with Crippen molar-refractivity contribution >= 4 is 58.1 Å². The van der Waals surface area contributed by atoms with E-state index in [9.17, 15) is 4.79 Å². The van der Waals surface area contributed by atoms with Crippen molar-refractivity contribution in [3.8, 4) is 0 Å². The van der Waals surface area contributed by atoms with Crippen LogP contribution in [0.3, 0.4) is 0 Å². The average Bonchev–Trinajstić information content (AvgIpc) is 3.09. The Morgan fingerprint density at radius 3 is 2.38 bits per heavy atom. The molecule has 2 aromatic carbocycles. The number of hydrogen-bond acceptors (Lipinski definition) is 6. The SMILES string of the molecule is Cc1ccc(NC(=O)CSc2nnc(SCc3ccc(Cl)cc3)s2)cc1. The number of nitrogens with zero attached hydrogens (tertiary/aromatic N) is 2. The largest absolute Gasteiger partial charge is 0.325 e. The number of aromatic nitrogens is 2. The van der Waals surface area contributed by atoms with E-state index < -0.39 is 0 Å². The van der Waals surface area contributed by atoms with Crippen LogP contribution in [0.25, 0.3) is 0 Å². The maximum atomic E-state index is 12.0. The molecule has 0 unspecified atom stereocenters. The molecule has 0 radical (unpaired) electrons. The zero-order valence-electron chi connectivity index (χ0n) is 13.9. The van der Waals surface area contributed by atoms with Gasteiger partial charge in [0.25, 0.3) is 0 Å². The molecular formula is C18H16ClN3OS3. The number of halogens is 1. The summed E-state index contributed by atoms with van der Waals surface area (Å²) in [4.78, 5) is 12.0. The molecule has 1 aromatic heterocycles. The molecule has 4 nitrogen and oxygen atoms in total. The highest BCUT2D eigenvalue weighted by Gasteiger charge is 2.09. The maximum absolute atomic E-state index is 12.0. The van der Waals surface area contributed by atoms with Crippen LogP contribution in [0.15, 0.2) is 57.2 Å². The summed E-state index contributed by atoms with van der Waals surface area (Å²) >= 11 is 10.4. The lowest BCUT2D eigenvalue weighted by atomic mass is 10.2. The zero-order chi connectivity index (χ0) is 18.4. The van der Waals surface area contributed by atoms with E-state index in [1.165, 1.54) is 28.7 Å². The molecule has 1 heterocycles. The number of carbonyl (C=O) groups is 1. The number of aryl methyl sites for hydroxylation is 1. The molecule has 0 aliphatic rings. The molecule has 0 saturated heterocycles. The van der Waals surface area contributed by atoms with Crippen LogP contribution >= 0.6 is 46.5 Å². The first kappa shape index (κ1) is 19.2. The van der Waals surface area contributed by atoms with E-state index >= 15 is 0 Å². The quantitative estimate of drug-likeness (QED) is 0.509. The Hall–Kier alpha value is -1.54. The number of thioether (sulfide) groups is 2. The Balaban J connectivity index is 1.45. The minimum absolute atomic E-state index is 0.0515. The first-order valence-corrected chi connectivity index (χ1v) is 10.9. The van der Waals surface area contributed by atoms with Gasteiger partial charge in [-0.15, -0.1) is 10.2 Å². The normalized spacial score (nSPS) is 10.7. The topological polar surface area (TPSA) is 54.9 Å². The fraction of sp³-hybridized carbons (Fsp3) is 0.167. The van der Waals surface area contributed by atoms with Gasteiger partial charge in [-0.05, 0) is 36.8 Å². The Kier molecular flexibility index (Phi) is 6.96. The molecule has 3 aromatic rings. The smallest absolute Gasteiger partial charge is 0.234 e. The molecule has 3 rings (SSSR count). The van der Waals surface area contributed by atoms with Gasteiger partial charge in [0.05, 0.1) is 5.75 Å². The van der Waals surface area contributed by atoms with Crippen LogP contribution in [0, 0.1) is 6.92 Å². The summed E-state index contributed by atoms with van der Waals surface area (Å²) in [6, 6.07) is 15.5. The van der Waals surface area contributed by atoms with E-state index in [0.29, 0.717) is 5.75 Å². The third kappa shape index (κ3) is 6.02. The Bertz CT molecular complexity index is 866. The molecule has 0 fully saturated rings. The molecule has 0 bridgehead atoms. The van der Waals surface area contributed by atoms with Gasteiger partial charge in [-0.3, -0.25) is 4.79 Å². The van der Waals surface area contributed by atoms with Gasteiger partial charge >= 0.3 is 0 Å². The van der Waals surface area contributed by atoms with Crippen molar-refractivity contribution in [3.63, 3.8) is 0 Å². The lowest BCUT2D eigenvalue weighted by Crippen LogP contribution is -2.13. The molecule has 0 spiro atoms. The van der Waals surface area contributed by atoms with Gasteiger partial charge in [-0.2, -0.15) is 0 Å². The van der Waals surface area contributed by atoms with Gasteiger partial charge in [-0.1, -0.05) is 76.3 Å². The summed E-state index contributed by atoms with van der Waals surface area (Å²) in [5, 5.41) is 11.9. The van der Waals surface area contributed by atoms with Gasteiger partial charge < -0.3 is 5.32 Å². The molecule has 0 atom stereocenters. The van der Waals surface area contributed by atoms with Crippen molar-refractivity contribution in [2.75, 3.05) is 11.1 Å². The summed E-state index contributed by atoms with van der Waals surface area (Å²) in [6.07, 6.45) is 0. The van der Waals surface area contributed by atoms with Crippen molar-refractivity contribution in [1.29, 1.82) is 0 Å². The molecule has 1 amide bonds. The number of benzene rings is 2. The molecule has 0 aliphatic carbocycles. The fourth-order valence-corrected chi connectivity index (χ4v) is 4.90. The van der Waals surface area contributed by atoms with E-state index in [0.717, 1.165) is 30.7 Å². The fourth-order valence-electron chi connectivity index (χ4n) is 2.00. The van der Waals surface area contributed by atoms with E-state index in [1.807, 2.05) is 55.5 Å².